The molecular weight excluding hydrogens is 876 g/mol. The third kappa shape index (κ3) is 27.7. The fourth-order valence-electron chi connectivity index (χ4n) is 8.22. The minimum absolute atomic E-state index is 0.0755. The molecule has 17 heteroatoms. The number of allylic oxidation sites excluding steroid dienone is 2. The lowest BCUT2D eigenvalue weighted by atomic mass is 9.98. The Hall–Kier alpha value is -2.13. The van der Waals surface area contributed by atoms with Gasteiger partial charge in [0.25, 0.3) is 0 Å². The number of aliphatic hydroxyl groups excluding tert-OH is 10. The van der Waals surface area contributed by atoms with Crippen LogP contribution < -0.4 is 0 Å². The summed E-state index contributed by atoms with van der Waals surface area (Å²) in [5.74, 6) is 1.96. The van der Waals surface area contributed by atoms with Crippen molar-refractivity contribution in [2.24, 2.45) is 46.8 Å². The molecule has 67 heavy (non-hydrogen) atoms. The van der Waals surface area contributed by atoms with Crippen LogP contribution in [0.15, 0.2) is 23.8 Å². The molecule has 11 N–H and O–H groups in total. The van der Waals surface area contributed by atoms with Gasteiger partial charge in [0, 0.05) is 52.1 Å². The maximum atomic E-state index is 12.6. The normalized spacial score (nSPS) is 32.9. The Kier molecular flexibility index (Phi) is 33.9. The van der Waals surface area contributed by atoms with Crippen LogP contribution in [0, 0.1) is 46.8 Å². The van der Waals surface area contributed by atoms with Crippen molar-refractivity contribution in [1.82, 2.24) is 0 Å². The largest absolute Gasteiger partial charge is 0.465 e. The lowest BCUT2D eigenvalue weighted by Gasteiger charge is -2.30. The molecular formula is C50H93FO16. The predicted octanol–water partition coefficient (Wildman–Crippen LogP) is 3.55. The monoisotopic (exact) mass is 969 g/mol. The molecule has 5 aliphatic carbocycles. The van der Waals surface area contributed by atoms with Crippen molar-refractivity contribution in [3.05, 3.63) is 23.8 Å². The first-order chi connectivity index (χ1) is 31.5. The Labute approximate surface area is 400 Å². The lowest BCUT2D eigenvalue weighted by molar-refractivity contribution is -0.146. The zero-order valence-electron chi connectivity index (χ0n) is 41.9. The first kappa shape index (κ1) is 64.9. The minimum Gasteiger partial charge on any atom is -0.465 e. The van der Waals surface area contributed by atoms with Crippen LogP contribution in [-0.4, -0.2) is 170 Å². The van der Waals surface area contributed by atoms with Crippen LogP contribution in [-0.2, 0) is 23.8 Å². The molecule has 0 amide bonds. The van der Waals surface area contributed by atoms with E-state index in [4.69, 9.17) is 55.1 Å². The van der Waals surface area contributed by atoms with Gasteiger partial charge in [-0.1, -0.05) is 66.2 Å². The molecule has 1 heterocycles. The van der Waals surface area contributed by atoms with E-state index in [9.17, 15) is 29.3 Å². The number of halogens is 1. The quantitative estimate of drug-likeness (QED) is 0.0930. The number of carbonyl (C=O) groups excluding carboxylic acids is 2. The molecule has 13 atom stereocenters. The Bertz CT molecular complexity index is 1340. The van der Waals surface area contributed by atoms with Gasteiger partial charge in [-0.05, 0) is 111 Å². The summed E-state index contributed by atoms with van der Waals surface area (Å²) in [7, 11) is 0. The highest BCUT2D eigenvalue weighted by atomic mass is 19.1. The number of alkyl halides is 1. The number of aliphatic hydroxyl groups is 11. The van der Waals surface area contributed by atoms with E-state index in [1.54, 1.807) is 6.92 Å². The number of ether oxygens (including phenoxy) is 3. The van der Waals surface area contributed by atoms with Gasteiger partial charge in [-0.25, -0.2) is 4.39 Å². The van der Waals surface area contributed by atoms with Gasteiger partial charge in [0.2, 0.25) is 0 Å². The second-order valence-electron chi connectivity index (χ2n) is 20.0. The summed E-state index contributed by atoms with van der Waals surface area (Å²) in [5.41, 5.74) is 0.145. The summed E-state index contributed by atoms with van der Waals surface area (Å²) in [4.78, 5) is 21.1. The van der Waals surface area contributed by atoms with Crippen molar-refractivity contribution in [3.63, 3.8) is 0 Å². The van der Waals surface area contributed by atoms with Crippen molar-refractivity contribution in [2.75, 3.05) is 59.5 Å². The Morgan fingerprint density at radius 3 is 1.67 bits per heavy atom. The highest BCUT2D eigenvalue weighted by molar-refractivity contribution is 5.66. The van der Waals surface area contributed by atoms with Crippen LogP contribution in [0.25, 0.3) is 0 Å². The maximum Gasteiger partial charge on any atom is 0.302 e. The van der Waals surface area contributed by atoms with Crippen molar-refractivity contribution in [2.45, 2.75) is 175 Å². The summed E-state index contributed by atoms with van der Waals surface area (Å²) in [6.07, 6.45) is 12.1. The summed E-state index contributed by atoms with van der Waals surface area (Å²) >= 11 is 0. The summed E-state index contributed by atoms with van der Waals surface area (Å²) in [6, 6.07) is 0. The second kappa shape index (κ2) is 35.0. The molecule has 0 spiro atoms. The SMILES string of the molecule is CCCC(COC(C)=O)COC(C)=O.C[C@@H]1CO[C@H](CO)[C@@H](O)C1.C[C@@H]1C[C@H](O)[C@@H](O)[C@@H]1F.C[C@H]1C=C[C@@H](CO)C1.C[C@H]1CC=C(CO)C1.C[C@H]1C[C@H](O)[C@@](O)(CO)C1.OCCC1(CO)CC1. The minimum atomic E-state index is -1.24. The van der Waals surface area contributed by atoms with Crippen molar-refractivity contribution >= 4 is 11.9 Å². The number of esters is 2. The third-order valence-electron chi connectivity index (χ3n) is 12.9. The topological polar surface area (TPSA) is 284 Å². The van der Waals surface area contributed by atoms with E-state index in [1.165, 1.54) is 19.4 Å². The molecule has 16 nitrogen and oxygen atoms in total. The molecule has 0 aromatic carbocycles. The van der Waals surface area contributed by atoms with Gasteiger partial charge in [-0.2, -0.15) is 0 Å². The molecule has 1 aliphatic heterocycles. The summed E-state index contributed by atoms with van der Waals surface area (Å²) < 4.78 is 27.4. The molecule has 1 saturated heterocycles. The zero-order valence-corrected chi connectivity index (χ0v) is 41.9. The van der Waals surface area contributed by atoms with Gasteiger partial charge in [0.05, 0.1) is 51.3 Å². The average molecular weight is 969 g/mol. The van der Waals surface area contributed by atoms with E-state index in [0.717, 1.165) is 63.7 Å². The number of hydrogen-bond donors (Lipinski definition) is 11. The Balaban J connectivity index is 0.000000764. The molecule has 6 rings (SSSR count). The zero-order chi connectivity index (χ0) is 51.3. The van der Waals surface area contributed by atoms with Crippen molar-refractivity contribution in [1.29, 1.82) is 0 Å². The van der Waals surface area contributed by atoms with E-state index < -0.39 is 36.2 Å². The second-order valence-corrected chi connectivity index (χ2v) is 20.0. The van der Waals surface area contributed by atoms with Crippen molar-refractivity contribution in [3.8, 4) is 0 Å². The molecule has 0 unspecified atom stereocenters. The third-order valence-corrected chi connectivity index (χ3v) is 12.9. The fourth-order valence-corrected chi connectivity index (χ4v) is 8.22. The average Bonchev–Trinajstić information content (AvgIpc) is 3.44. The standard InChI is InChI=1S/C10H18O4.2C7H14O3.2C7H12O.C6H11FO2.C6H12O2/c1-4-5-10(6-13-8(2)11)7-14-9(3)12;1-5-2-6(9)7(3-8)10-4-5;1-5-2-6(9)7(10,3-5)4-8;2*1-6-2-3-7(4-6)5-8;1-3-2-4(8)6(9)5(3)7;7-4-3-6(5-8)1-2-6/h10H,4-7H2,1-3H3;5-9H,2-4H2,1H3;5-6,8-10H,2-4H2,1H3;3,6,8H,2,4-5H2,1H3;2-3,6-8H,4-5H2,1H3;3-6,8-9H,2H2,1H3;7-8H,1-5H2/t;5-,6-,7+;5-,6-,7-;6-;6-,7+;3-,4+,5-,6-;/m.00001./s1. The molecule has 4 fully saturated rings. The van der Waals surface area contributed by atoms with Gasteiger partial charge >= 0.3 is 11.9 Å². The van der Waals surface area contributed by atoms with E-state index >= 15 is 0 Å². The lowest BCUT2D eigenvalue weighted by Crippen LogP contribution is -2.40. The van der Waals surface area contributed by atoms with Gasteiger partial charge in [-0.3, -0.25) is 9.59 Å². The highest BCUT2D eigenvalue weighted by Gasteiger charge is 2.43. The van der Waals surface area contributed by atoms with Crippen LogP contribution in [0.5, 0.6) is 0 Å². The maximum absolute atomic E-state index is 12.6. The summed E-state index contributed by atoms with van der Waals surface area (Å²) in [5, 5.41) is 97.3. The Morgan fingerprint density at radius 1 is 0.806 bits per heavy atom. The Morgan fingerprint density at radius 2 is 1.42 bits per heavy atom. The molecule has 0 aromatic heterocycles. The molecule has 6 aliphatic rings. The first-order valence-electron chi connectivity index (χ1n) is 24.5. The highest BCUT2D eigenvalue weighted by Crippen LogP contribution is 2.47. The van der Waals surface area contributed by atoms with Crippen LogP contribution >= 0.6 is 0 Å². The predicted molar refractivity (Wildman–Crippen MR) is 253 cm³/mol. The molecule has 0 aromatic rings. The van der Waals surface area contributed by atoms with Crippen molar-refractivity contribution < 1.29 is 84.4 Å². The molecule has 0 radical (unpaired) electrons. The van der Waals surface area contributed by atoms with E-state index in [1.807, 2.05) is 20.8 Å². The van der Waals surface area contributed by atoms with Gasteiger partial charge in [-0.15, -0.1) is 0 Å². The first-order valence-corrected chi connectivity index (χ1v) is 24.5. The van der Waals surface area contributed by atoms with E-state index in [-0.39, 0.29) is 68.3 Å². The van der Waals surface area contributed by atoms with Crippen LogP contribution in [0.2, 0.25) is 0 Å². The number of hydrogen-bond acceptors (Lipinski definition) is 16. The van der Waals surface area contributed by atoms with Gasteiger partial charge in [0.1, 0.15) is 24.0 Å². The van der Waals surface area contributed by atoms with Gasteiger partial charge in [0.15, 0.2) is 0 Å². The van der Waals surface area contributed by atoms with Crippen LogP contribution in [0.3, 0.4) is 0 Å². The fraction of sp³-hybridized carbons (Fsp3) is 0.880. The molecule has 0 bridgehead atoms. The number of carbonyl (C=O) groups is 2. The number of rotatable bonds is 13. The molecule has 3 saturated carbocycles. The van der Waals surface area contributed by atoms with E-state index in [2.05, 4.69) is 32.1 Å². The molecule has 396 valence electrons. The summed E-state index contributed by atoms with van der Waals surface area (Å²) in [6.45, 7) is 16.8. The van der Waals surface area contributed by atoms with Crippen LogP contribution in [0.4, 0.5) is 4.39 Å². The van der Waals surface area contributed by atoms with Crippen LogP contribution in [0.1, 0.15) is 132 Å². The van der Waals surface area contributed by atoms with Gasteiger partial charge < -0.3 is 70.4 Å². The van der Waals surface area contributed by atoms with E-state index in [0.29, 0.717) is 69.4 Å². The smallest absolute Gasteiger partial charge is 0.302 e.